The number of ether oxygens (including phenoxy) is 7. The average Bonchev–Trinajstić information content (AvgIpc) is 3.24. The minimum atomic E-state index is 0.414. The largest absolute Gasteiger partial charge is 0.491 e. The molecule has 0 amide bonds. The van der Waals surface area contributed by atoms with E-state index in [9.17, 15) is 9.59 Å². The highest BCUT2D eigenvalue weighted by molar-refractivity contribution is 8.03. The molecule has 57 heavy (non-hydrogen) atoms. The van der Waals surface area contributed by atoms with E-state index in [1.807, 2.05) is 65.7 Å². The van der Waals surface area contributed by atoms with Crippen LogP contribution in [0.2, 0.25) is 0 Å². The summed E-state index contributed by atoms with van der Waals surface area (Å²) in [7, 11) is 1.67. The third kappa shape index (κ3) is 23.5. The molecule has 1 aromatic carbocycles. The summed E-state index contributed by atoms with van der Waals surface area (Å²) in [5.74, 6) is 2.66. The van der Waals surface area contributed by atoms with Gasteiger partial charge in [-0.2, -0.15) is 17.0 Å². The van der Waals surface area contributed by atoms with Gasteiger partial charge in [-0.1, -0.05) is 12.1 Å². The normalized spacial score (nSPS) is 11.3. The fraction of sp³-hybridized carbons (Fsp3) is 0.537. The fourth-order valence-electron chi connectivity index (χ4n) is 5.21. The van der Waals surface area contributed by atoms with Crippen molar-refractivity contribution in [3.8, 4) is 11.2 Å². The molecule has 3 aromatic rings. The van der Waals surface area contributed by atoms with Gasteiger partial charge in [0.25, 0.3) is 0 Å². The Morgan fingerprint density at radius 3 is 1.67 bits per heavy atom. The Hall–Kier alpha value is -3.47. The number of benzene rings is 1. The molecular formula is C41H57N5O9S2. The second kappa shape index (κ2) is 32.5. The van der Waals surface area contributed by atoms with Crippen LogP contribution in [-0.2, 0) is 41.5 Å². The zero-order valence-electron chi connectivity index (χ0n) is 33.0. The first kappa shape index (κ1) is 47.9. The Labute approximate surface area is 345 Å². The lowest BCUT2D eigenvalue weighted by atomic mass is 10.3. The summed E-state index contributed by atoms with van der Waals surface area (Å²) in [5.41, 5.74) is 2.49. The summed E-state index contributed by atoms with van der Waals surface area (Å²) >= 11 is 2.96. The number of hydrogen-bond donors (Lipinski definition) is 0. The van der Waals surface area contributed by atoms with Crippen LogP contribution in [0.25, 0.3) is 0 Å². The number of hydrogen-bond acceptors (Lipinski definition) is 16. The molecule has 0 N–H and O–H groups in total. The molecule has 0 bridgehead atoms. The number of aldehydes is 2. The maximum Gasteiger partial charge on any atom is 0.168 e. The highest BCUT2D eigenvalue weighted by Gasteiger charge is 2.10. The molecule has 3 rings (SSSR count). The minimum Gasteiger partial charge on any atom is -0.491 e. The van der Waals surface area contributed by atoms with Gasteiger partial charge in [0.2, 0.25) is 0 Å². The molecular weight excluding hydrogens is 771 g/mol. The van der Waals surface area contributed by atoms with Gasteiger partial charge in [0.15, 0.2) is 12.6 Å². The lowest BCUT2D eigenvalue weighted by Crippen LogP contribution is -2.32. The molecule has 16 heteroatoms. The maximum absolute atomic E-state index is 11.3. The van der Waals surface area contributed by atoms with Gasteiger partial charge in [-0.15, -0.1) is 0 Å². The number of aromatic nitrogens is 2. The molecule has 0 unspecified atom stereocenters. The highest BCUT2D eigenvalue weighted by atomic mass is 32.2. The van der Waals surface area contributed by atoms with Crippen LogP contribution in [0.4, 0.5) is 0 Å². The van der Waals surface area contributed by atoms with Crippen LogP contribution in [0, 0.1) is 10.7 Å². The predicted molar refractivity (Wildman–Crippen MR) is 221 cm³/mol. The quantitative estimate of drug-likeness (QED) is 0.0337. The fourth-order valence-corrected chi connectivity index (χ4v) is 6.35. The Morgan fingerprint density at radius 1 is 0.614 bits per heavy atom. The summed E-state index contributed by atoms with van der Waals surface area (Å²) < 4.78 is 39.8. The molecule has 0 spiro atoms. The zero-order valence-corrected chi connectivity index (χ0v) is 34.6. The van der Waals surface area contributed by atoms with Gasteiger partial charge in [0, 0.05) is 63.6 Å². The zero-order chi connectivity index (χ0) is 40.4. The third-order valence-electron chi connectivity index (χ3n) is 8.11. The smallest absolute Gasteiger partial charge is 0.168 e. The maximum atomic E-state index is 11.3. The highest BCUT2D eigenvalue weighted by Crippen LogP contribution is 2.20. The Bertz CT molecular complexity index is 1540. The topological polar surface area (TPSA) is 155 Å². The summed E-state index contributed by atoms with van der Waals surface area (Å²) in [4.78, 5) is 36.5. The lowest BCUT2D eigenvalue weighted by Gasteiger charge is -2.22. The number of nitriles is 1. The standard InChI is InChI=1S/C41H57N5O9S2/c1-49-18-13-45(31-36-5-2-7-38(33-47)43-36)15-20-51-22-23-52-21-16-46(32-37-6-3-8-39(34-48)44-37)14-19-50-17-4-29-56-30-28-54-25-24-53-26-27-55-40-9-11-41(12-10-40)57-35-42/h2-3,5-12,33-34H,4,13-32H2,1H3. The number of rotatable bonds is 36. The Balaban J connectivity index is 1.20. The molecule has 0 radical (unpaired) electrons. The van der Waals surface area contributed by atoms with E-state index in [0.717, 1.165) is 70.8 Å². The number of pyridine rings is 2. The van der Waals surface area contributed by atoms with Crippen molar-refractivity contribution < 1.29 is 42.7 Å². The molecule has 0 atom stereocenters. The molecule has 0 aliphatic rings. The first-order valence-electron chi connectivity index (χ1n) is 19.1. The van der Waals surface area contributed by atoms with E-state index in [2.05, 4.69) is 19.8 Å². The predicted octanol–water partition coefficient (Wildman–Crippen LogP) is 4.91. The molecule has 2 heterocycles. The first-order valence-corrected chi connectivity index (χ1v) is 21.1. The van der Waals surface area contributed by atoms with Crippen molar-refractivity contribution >= 4 is 36.1 Å². The van der Waals surface area contributed by atoms with E-state index in [1.54, 1.807) is 19.2 Å². The van der Waals surface area contributed by atoms with Crippen LogP contribution >= 0.6 is 23.5 Å². The number of methoxy groups -OCH3 is 1. The van der Waals surface area contributed by atoms with Crippen LogP contribution in [0.15, 0.2) is 65.6 Å². The van der Waals surface area contributed by atoms with E-state index in [0.29, 0.717) is 123 Å². The van der Waals surface area contributed by atoms with Gasteiger partial charge >= 0.3 is 0 Å². The molecule has 0 aliphatic carbocycles. The molecule has 0 saturated heterocycles. The molecule has 0 aliphatic heterocycles. The van der Waals surface area contributed by atoms with Crippen LogP contribution in [-0.4, -0.2) is 156 Å². The van der Waals surface area contributed by atoms with E-state index >= 15 is 0 Å². The van der Waals surface area contributed by atoms with Gasteiger partial charge in [0.1, 0.15) is 29.1 Å². The SMILES string of the molecule is COCCN(CCOCCOCCN(CCOCCCSCCOCCOCCOc1ccc(SC#N)cc1)Cc1cccc(C=O)n1)Cc1cccc(C=O)n1. The second-order valence-electron chi connectivity index (χ2n) is 12.4. The Morgan fingerprint density at radius 2 is 1.12 bits per heavy atom. The van der Waals surface area contributed by atoms with Gasteiger partial charge in [-0.05, 0) is 72.5 Å². The van der Waals surface area contributed by atoms with Crippen molar-refractivity contribution in [3.63, 3.8) is 0 Å². The van der Waals surface area contributed by atoms with Gasteiger partial charge < -0.3 is 33.2 Å². The van der Waals surface area contributed by atoms with E-state index in [4.69, 9.17) is 38.4 Å². The molecule has 0 saturated carbocycles. The van der Waals surface area contributed by atoms with Crippen molar-refractivity contribution in [3.05, 3.63) is 83.4 Å². The summed E-state index contributed by atoms with van der Waals surface area (Å²) in [6.07, 6.45) is 2.47. The minimum absolute atomic E-state index is 0.414. The summed E-state index contributed by atoms with van der Waals surface area (Å²) in [6, 6.07) is 18.3. The summed E-state index contributed by atoms with van der Waals surface area (Å²) in [5, 5.41) is 10.8. The lowest BCUT2D eigenvalue weighted by molar-refractivity contribution is 0.0236. The number of carbonyl (C=O) groups excluding carboxylic acids is 2. The number of nitrogens with zero attached hydrogens (tertiary/aromatic N) is 5. The van der Waals surface area contributed by atoms with Crippen molar-refractivity contribution in [2.75, 3.05) is 124 Å². The van der Waals surface area contributed by atoms with Crippen molar-refractivity contribution in [1.29, 1.82) is 5.26 Å². The molecule has 312 valence electrons. The van der Waals surface area contributed by atoms with Gasteiger partial charge in [-0.25, -0.2) is 9.97 Å². The van der Waals surface area contributed by atoms with Crippen molar-refractivity contribution in [1.82, 2.24) is 19.8 Å². The van der Waals surface area contributed by atoms with Crippen LogP contribution < -0.4 is 4.74 Å². The monoisotopic (exact) mass is 827 g/mol. The van der Waals surface area contributed by atoms with Crippen LogP contribution in [0.3, 0.4) is 0 Å². The van der Waals surface area contributed by atoms with Crippen LogP contribution in [0.1, 0.15) is 38.8 Å². The second-order valence-corrected chi connectivity index (χ2v) is 14.5. The van der Waals surface area contributed by atoms with Gasteiger partial charge in [0.05, 0.1) is 77.5 Å². The van der Waals surface area contributed by atoms with Crippen molar-refractivity contribution in [2.24, 2.45) is 0 Å². The van der Waals surface area contributed by atoms with E-state index < -0.39 is 0 Å². The Kier molecular flexibility index (Phi) is 27.3. The van der Waals surface area contributed by atoms with E-state index in [1.165, 1.54) is 0 Å². The molecule has 0 fully saturated rings. The number of carbonyl (C=O) groups is 2. The number of thioether (sulfide) groups is 2. The van der Waals surface area contributed by atoms with Crippen LogP contribution in [0.5, 0.6) is 5.75 Å². The molecule has 2 aromatic heterocycles. The first-order chi connectivity index (χ1) is 28.1. The number of thiocyanates is 1. The van der Waals surface area contributed by atoms with Crippen molar-refractivity contribution in [2.45, 2.75) is 24.4 Å². The third-order valence-corrected chi connectivity index (χ3v) is 9.75. The van der Waals surface area contributed by atoms with E-state index in [-0.39, 0.29) is 0 Å². The molecule has 14 nitrogen and oxygen atoms in total. The van der Waals surface area contributed by atoms with Gasteiger partial charge in [-0.3, -0.25) is 19.4 Å². The summed E-state index contributed by atoms with van der Waals surface area (Å²) in [6.45, 7) is 10.5. The average molecular weight is 828 g/mol.